The Morgan fingerprint density at radius 2 is 1.32 bits per heavy atom. The van der Waals surface area contributed by atoms with E-state index in [2.05, 4.69) is 74.1 Å². The van der Waals surface area contributed by atoms with Crippen molar-refractivity contribution in [3.8, 4) is 0 Å². The second-order valence-electron chi connectivity index (χ2n) is 11.9. The molecule has 40 heavy (non-hydrogen) atoms. The van der Waals surface area contributed by atoms with E-state index in [9.17, 15) is 5.11 Å². The summed E-state index contributed by atoms with van der Waals surface area (Å²) in [6.07, 6.45) is 17.9. The first-order chi connectivity index (χ1) is 19.4. The standard InChI is InChI=1S/C34H52N3O2Si/c1-5-6-7-8-9-10-11-12-13-14-15-16-20-23-33(38)32(36-37-35)28-39-40(30-21-18-17-19-22-30)31-26-24-29(25-27-31)34(2,3)4/h17-19,21-22,24-28,33,38H,5-16,20,23H2,1-4H3/b32-28+. The van der Waals surface area contributed by atoms with Crippen LogP contribution in [0.3, 0.4) is 0 Å². The van der Waals surface area contributed by atoms with Crippen LogP contribution in [0.5, 0.6) is 0 Å². The first-order valence-electron chi connectivity index (χ1n) is 15.5. The molecule has 0 aliphatic carbocycles. The Balaban J connectivity index is 1.85. The molecule has 0 aliphatic rings. The van der Waals surface area contributed by atoms with Crippen molar-refractivity contribution in [1.82, 2.24) is 0 Å². The van der Waals surface area contributed by atoms with Crippen molar-refractivity contribution in [2.24, 2.45) is 5.11 Å². The topological polar surface area (TPSA) is 78.2 Å². The van der Waals surface area contributed by atoms with Gasteiger partial charge in [-0.3, -0.25) is 0 Å². The van der Waals surface area contributed by atoms with Crippen LogP contribution in [0.1, 0.15) is 123 Å². The fourth-order valence-corrected chi connectivity index (χ4v) is 6.67. The third kappa shape index (κ3) is 13.2. The lowest BCUT2D eigenvalue weighted by atomic mass is 9.87. The second kappa shape index (κ2) is 19.5. The van der Waals surface area contributed by atoms with E-state index < -0.39 is 15.1 Å². The Kier molecular flexibility index (Phi) is 16.4. The van der Waals surface area contributed by atoms with Crippen molar-refractivity contribution in [1.29, 1.82) is 0 Å². The van der Waals surface area contributed by atoms with E-state index >= 15 is 0 Å². The molecule has 0 aliphatic heterocycles. The summed E-state index contributed by atoms with van der Waals surface area (Å²) in [6, 6.07) is 18.7. The van der Waals surface area contributed by atoms with Gasteiger partial charge in [-0.15, -0.1) is 0 Å². The van der Waals surface area contributed by atoms with Gasteiger partial charge < -0.3 is 9.53 Å². The number of rotatable bonds is 20. The predicted molar refractivity (Wildman–Crippen MR) is 171 cm³/mol. The Hall–Kier alpha value is -2.53. The van der Waals surface area contributed by atoms with Gasteiger partial charge in [0.15, 0.2) is 0 Å². The molecular formula is C34H52N3O2Si. The smallest absolute Gasteiger partial charge is 0.352 e. The van der Waals surface area contributed by atoms with E-state index in [1.807, 2.05) is 18.2 Å². The lowest BCUT2D eigenvalue weighted by molar-refractivity contribution is 0.191. The molecule has 1 N–H and O–H groups in total. The van der Waals surface area contributed by atoms with Crippen LogP contribution in [0, 0.1) is 0 Å². The number of hydrogen-bond acceptors (Lipinski definition) is 3. The summed E-state index contributed by atoms with van der Waals surface area (Å²) in [5.41, 5.74) is 10.7. The molecule has 0 amide bonds. The van der Waals surface area contributed by atoms with Crippen molar-refractivity contribution < 1.29 is 9.53 Å². The number of benzene rings is 2. The van der Waals surface area contributed by atoms with Gasteiger partial charge in [0.1, 0.15) is 0 Å². The maximum atomic E-state index is 10.8. The Morgan fingerprint density at radius 1 is 0.825 bits per heavy atom. The second-order valence-corrected chi connectivity index (χ2v) is 14.0. The molecule has 6 heteroatoms. The molecule has 0 saturated carbocycles. The number of nitrogens with zero attached hydrogens (tertiary/aromatic N) is 3. The quantitative estimate of drug-likeness (QED) is 0.0436. The van der Waals surface area contributed by atoms with E-state index in [1.54, 1.807) is 0 Å². The average Bonchev–Trinajstić information content (AvgIpc) is 2.95. The van der Waals surface area contributed by atoms with Gasteiger partial charge in [-0.2, -0.15) is 0 Å². The van der Waals surface area contributed by atoms with Gasteiger partial charge in [-0.1, -0.05) is 171 Å². The summed E-state index contributed by atoms with van der Waals surface area (Å²) in [4.78, 5) is 2.96. The highest BCUT2D eigenvalue weighted by Crippen LogP contribution is 2.21. The summed E-state index contributed by atoms with van der Waals surface area (Å²) < 4.78 is 6.31. The maximum absolute atomic E-state index is 10.8. The van der Waals surface area contributed by atoms with Gasteiger partial charge in [-0.05, 0) is 33.3 Å². The van der Waals surface area contributed by atoms with Crippen LogP contribution in [0.4, 0.5) is 0 Å². The monoisotopic (exact) mass is 562 g/mol. The van der Waals surface area contributed by atoms with E-state index in [0.717, 1.165) is 23.2 Å². The van der Waals surface area contributed by atoms with Crippen LogP contribution in [-0.2, 0) is 9.84 Å². The Bertz CT molecular complexity index is 1010. The highest BCUT2D eigenvalue weighted by Gasteiger charge is 2.22. The lowest BCUT2D eigenvalue weighted by Gasteiger charge is -2.21. The van der Waals surface area contributed by atoms with Gasteiger partial charge in [-0.25, -0.2) is 0 Å². The van der Waals surface area contributed by atoms with Gasteiger partial charge >= 0.3 is 9.04 Å². The Labute approximate surface area is 245 Å². The predicted octanol–water partition coefficient (Wildman–Crippen LogP) is 9.10. The molecule has 1 radical (unpaired) electrons. The average molecular weight is 563 g/mol. The largest absolute Gasteiger partial charge is 0.538 e. The summed E-state index contributed by atoms with van der Waals surface area (Å²) in [7, 11) is -1.63. The minimum absolute atomic E-state index is 0.0747. The number of unbranched alkanes of at least 4 members (excludes halogenated alkanes) is 12. The number of aliphatic hydroxyl groups excluding tert-OH is 1. The molecule has 2 aromatic carbocycles. The molecule has 2 aromatic rings. The molecule has 2 rings (SSSR count). The molecule has 0 aromatic heterocycles. The van der Waals surface area contributed by atoms with Crippen molar-refractivity contribution in [3.05, 3.63) is 82.6 Å². The molecule has 0 fully saturated rings. The van der Waals surface area contributed by atoms with Crippen LogP contribution in [-0.4, -0.2) is 20.3 Å². The number of azide groups is 1. The molecular weight excluding hydrogens is 510 g/mol. The van der Waals surface area contributed by atoms with Crippen LogP contribution in [0.2, 0.25) is 0 Å². The van der Waals surface area contributed by atoms with Crippen molar-refractivity contribution in [2.45, 2.75) is 129 Å². The van der Waals surface area contributed by atoms with Gasteiger partial charge in [0, 0.05) is 4.91 Å². The van der Waals surface area contributed by atoms with E-state index in [1.165, 1.54) is 82.5 Å². The van der Waals surface area contributed by atoms with Gasteiger partial charge in [0.2, 0.25) is 0 Å². The van der Waals surface area contributed by atoms with Crippen LogP contribution in [0.15, 0.2) is 71.7 Å². The summed E-state index contributed by atoms with van der Waals surface area (Å²) in [5.74, 6) is 0. The Morgan fingerprint density at radius 3 is 1.82 bits per heavy atom. The van der Waals surface area contributed by atoms with Crippen molar-refractivity contribution >= 4 is 19.4 Å². The molecule has 0 saturated heterocycles. The maximum Gasteiger partial charge on any atom is 0.352 e. The highest BCUT2D eigenvalue weighted by molar-refractivity contribution is 6.80. The molecule has 0 bridgehead atoms. The highest BCUT2D eigenvalue weighted by atomic mass is 28.3. The minimum atomic E-state index is -1.63. The molecule has 1 atom stereocenters. The van der Waals surface area contributed by atoms with E-state index in [4.69, 9.17) is 9.96 Å². The molecule has 5 nitrogen and oxygen atoms in total. The summed E-state index contributed by atoms with van der Waals surface area (Å²) in [6.45, 7) is 8.88. The third-order valence-electron chi connectivity index (χ3n) is 7.43. The zero-order valence-corrected chi connectivity index (χ0v) is 26.4. The number of hydrogen-bond donors (Lipinski definition) is 1. The minimum Gasteiger partial charge on any atom is -0.538 e. The van der Waals surface area contributed by atoms with Crippen LogP contribution < -0.4 is 10.4 Å². The fourth-order valence-electron chi connectivity index (χ4n) is 4.86. The zero-order chi connectivity index (χ0) is 29.1. The van der Waals surface area contributed by atoms with E-state index in [0.29, 0.717) is 6.42 Å². The van der Waals surface area contributed by atoms with Gasteiger partial charge in [0.25, 0.3) is 0 Å². The summed E-state index contributed by atoms with van der Waals surface area (Å²) in [5, 5.41) is 16.8. The van der Waals surface area contributed by atoms with E-state index in [-0.39, 0.29) is 11.1 Å². The normalized spacial score (nSPS) is 12.8. The van der Waals surface area contributed by atoms with Crippen molar-refractivity contribution in [3.63, 3.8) is 0 Å². The summed E-state index contributed by atoms with van der Waals surface area (Å²) >= 11 is 0. The molecule has 0 spiro atoms. The van der Waals surface area contributed by atoms with Gasteiger partial charge in [0.05, 0.1) is 18.1 Å². The third-order valence-corrected chi connectivity index (χ3v) is 9.50. The SMILES string of the molecule is CCCCCCCCCCCCCCCC(O)/C(=C\O[Si](c1ccccc1)c1ccc(C(C)(C)C)cc1)N=[N+]=[N-]. The molecule has 0 heterocycles. The molecule has 219 valence electrons. The fraction of sp³-hybridized carbons (Fsp3) is 0.588. The van der Waals surface area contributed by atoms with Crippen LogP contribution >= 0.6 is 0 Å². The first-order valence-corrected chi connectivity index (χ1v) is 16.9. The first kappa shape index (κ1) is 33.7. The lowest BCUT2D eigenvalue weighted by Crippen LogP contribution is -2.44. The van der Waals surface area contributed by atoms with Crippen LogP contribution in [0.25, 0.3) is 10.4 Å². The molecule has 1 unspecified atom stereocenters. The number of aliphatic hydroxyl groups is 1. The van der Waals surface area contributed by atoms with Crippen molar-refractivity contribution in [2.75, 3.05) is 0 Å². The zero-order valence-electron chi connectivity index (χ0n) is 25.4.